The van der Waals surface area contributed by atoms with E-state index in [2.05, 4.69) is 10.5 Å². The summed E-state index contributed by atoms with van der Waals surface area (Å²) < 4.78 is 5.08. The van der Waals surface area contributed by atoms with Crippen molar-refractivity contribution in [3.8, 4) is 17.2 Å². The van der Waals surface area contributed by atoms with Gasteiger partial charge in [-0.3, -0.25) is 4.79 Å². The zero-order chi connectivity index (χ0) is 17.8. The second-order valence-electron chi connectivity index (χ2n) is 5.30. The number of fused-ring (bicyclic) bond motifs is 1. The average Bonchev–Trinajstić information content (AvgIpc) is 2.63. The summed E-state index contributed by atoms with van der Waals surface area (Å²) in [7, 11) is 1.51. The predicted molar refractivity (Wildman–Crippen MR) is 95.3 cm³/mol. The molecule has 0 bridgehead atoms. The van der Waals surface area contributed by atoms with Crippen LogP contribution in [0.2, 0.25) is 0 Å². The molecular weight excluding hydrogens is 320 g/mol. The van der Waals surface area contributed by atoms with Crippen LogP contribution in [0.5, 0.6) is 17.2 Å². The van der Waals surface area contributed by atoms with Crippen LogP contribution >= 0.6 is 0 Å². The number of benzene rings is 3. The van der Waals surface area contributed by atoms with Gasteiger partial charge < -0.3 is 14.9 Å². The summed E-state index contributed by atoms with van der Waals surface area (Å²) in [5.41, 5.74) is 2.90. The maximum absolute atomic E-state index is 12.4. The molecule has 0 saturated carbocycles. The number of methoxy groups -OCH3 is 1. The number of nitrogens with zero attached hydrogens (tertiary/aromatic N) is 1. The number of nitrogens with one attached hydrogen (secondary N) is 1. The Bertz CT molecular complexity index is 967. The molecule has 126 valence electrons. The third-order valence-corrected chi connectivity index (χ3v) is 3.74. The first kappa shape index (κ1) is 16.3. The van der Waals surface area contributed by atoms with Crippen molar-refractivity contribution in [1.82, 2.24) is 5.43 Å². The zero-order valence-corrected chi connectivity index (χ0v) is 13.4. The van der Waals surface area contributed by atoms with Gasteiger partial charge in [-0.2, -0.15) is 5.10 Å². The van der Waals surface area contributed by atoms with E-state index < -0.39 is 5.91 Å². The summed E-state index contributed by atoms with van der Waals surface area (Å²) in [6, 6.07) is 15.1. The Morgan fingerprint density at radius 3 is 2.64 bits per heavy atom. The Kier molecular flexibility index (Phi) is 4.52. The van der Waals surface area contributed by atoms with Gasteiger partial charge in [0, 0.05) is 5.56 Å². The number of phenols is 2. The molecule has 0 aromatic heterocycles. The first-order chi connectivity index (χ1) is 12.1. The molecule has 6 heteroatoms. The first-order valence-electron chi connectivity index (χ1n) is 7.51. The van der Waals surface area contributed by atoms with Crippen LogP contribution in [0.3, 0.4) is 0 Å². The summed E-state index contributed by atoms with van der Waals surface area (Å²) in [4.78, 5) is 12.4. The molecule has 0 saturated heterocycles. The first-order valence-corrected chi connectivity index (χ1v) is 7.51. The van der Waals surface area contributed by atoms with Crippen LogP contribution in [0.4, 0.5) is 0 Å². The number of rotatable bonds is 4. The van der Waals surface area contributed by atoms with E-state index in [4.69, 9.17) is 4.74 Å². The van der Waals surface area contributed by atoms with E-state index >= 15 is 0 Å². The minimum atomic E-state index is -0.548. The van der Waals surface area contributed by atoms with Crippen LogP contribution in [0, 0.1) is 0 Å². The number of ether oxygens (including phenoxy) is 1. The SMILES string of the molecule is COc1ccc(O)c(/C=N/NC(=O)c2c(O)ccc3ccccc23)c1. The maximum Gasteiger partial charge on any atom is 0.275 e. The van der Waals surface area contributed by atoms with Gasteiger partial charge in [0.05, 0.1) is 18.9 Å². The topological polar surface area (TPSA) is 91.2 Å². The molecule has 25 heavy (non-hydrogen) atoms. The van der Waals surface area contributed by atoms with Crippen molar-refractivity contribution >= 4 is 22.9 Å². The molecule has 1 amide bonds. The average molecular weight is 336 g/mol. The van der Waals surface area contributed by atoms with Gasteiger partial charge in [-0.15, -0.1) is 0 Å². The zero-order valence-electron chi connectivity index (χ0n) is 13.4. The lowest BCUT2D eigenvalue weighted by atomic mass is 10.0. The lowest BCUT2D eigenvalue weighted by Crippen LogP contribution is -2.18. The normalized spacial score (nSPS) is 10.9. The van der Waals surface area contributed by atoms with Crippen molar-refractivity contribution in [3.63, 3.8) is 0 Å². The highest BCUT2D eigenvalue weighted by atomic mass is 16.5. The molecule has 0 spiro atoms. The number of hydrogen-bond acceptors (Lipinski definition) is 5. The van der Waals surface area contributed by atoms with Crippen LogP contribution in [-0.2, 0) is 0 Å². The molecule has 0 aliphatic carbocycles. The molecule has 0 aliphatic heterocycles. The van der Waals surface area contributed by atoms with Crippen LogP contribution in [-0.4, -0.2) is 29.4 Å². The second-order valence-corrected chi connectivity index (χ2v) is 5.30. The fourth-order valence-electron chi connectivity index (χ4n) is 2.48. The molecule has 3 rings (SSSR count). The number of hydrazone groups is 1. The highest BCUT2D eigenvalue weighted by Crippen LogP contribution is 2.27. The molecule has 6 nitrogen and oxygen atoms in total. The number of carbonyl (C=O) groups is 1. The van der Waals surface area contributed by atoms with E-state index in [9.17, 15) is 15.0 Å². The molecule has 0 unspecified atom stereocenters. The van der Waals surface area contributed by atoms with Gasteiger partial charge in [0.2, 0.25) is 0 Å². The summed E-state index contributed by atoms with van der Waals surface area (Å²) in [6.07, 6.45) is 1.30. The third-order valence-electron chi connectivity index (χ3n) is 3.74. The highest BCUT2D eigenvalue weighted by Gasteiger charge is 2.14. The van der Waals surface area contributed by atoms with Crippen molar-refractivity contribution < 1.29 is 19.7 Å². The highest BCUT2D eigenvalue weighted by molar-refractivity contribution is 6.09. The number of phenolic OH excluding ortho intramolecular Hbond substituents is 2. The molecule has 3 aromatic rings. The van der Waals surface area contributed by atoms with E-state index in [1.165, 1.54) is 25.5 Å². The molecule has 0 radical (unpaired) electrons. The lowest BCUT2D eigenvalue weighted by molar-refractivity contribution is 0.0954. The minimum absolute atomic E-state index is 0.00630. The molecule has 3 aromatic carbocycles. The summed E-state index contributed by atoms with van der Waals surface area (Å²) in [5.74, 6) is -0.118. The van der Waals surface area contributed by atoms with E-state index in [-0.39, 0.29) is 17.1 Å². The Labute approximate surface area is 144 Å². The van der Waals surface area contributed by atoms with Gasteiger partial charge in [0.1, 0.15) is 17.2 Å². The number of carbonyl (C=O) groups excluding carboxylic acids is 1. The molecule has 0 aliphatic rings. The van der Waals surface area contributed by atoms with Gasteiger partial charge >= 0.3 is 0 Å². The standard InChI is InChI=1S/C19H16N2O4/c1-25-14-7-9-16(22)13(10-14)11-20-21-19(24)18-15-5-3-2-4-12(15)6-8-17(18)23/h2-11,22-23H,1H3,(H,21,24)/b20-11+. The number of amides is 1. The van der Waals surface area contributed by atoms with Gasteiger partial charge in [-0.25, -0.2) is 5.43 Å². The van der Waals surface area contributed by atoms with E-state index in [1.807, 2.05) is 12.1 Å². The monoisotopic (exact) mass is 336 g/mol. The van der Waals surface area contributed by atoms with Crippen molar-refractivity contribution in [1.29, 1.82) is 0 Å². The number of aromatic hydroxyl groups is 2. The largest absolute Gasteiger partial charge is 0.507 e. The molecule has 0 fully saturated rings. The Morgan fingerprint density at radius 2 is 1.84 bits per heavy atom. The van der Waals surface area contributed by atoms with Gasteiger partial charge in [-0.05, 0) is 35.0 Å². The van der Waals surface area contributed by atoms with Crippen molar-refractivity contribution in [2.24, 2.45) is 5.10 Å². The summed E-state index contributed by atoms with van der Waals surface area (Å²) >= 11 is 0. The van der Waals surface area contributed by atoms with Crippen LogP contribution in [0.15, 0.2) is 59.7 Å². The maximum atomic E-state index is 12.4. The van der Waals surface area contributed by atoms with Gasteiger partial charge in [0.25, 0.3) is 5.91 Å². The lowest BCUT2D eigenvalue weighted by Gasteiger charge is -2.07. The Balaban J connectivity index is 1.85. The van der Waals surface area contributed by atoms with Gasteiger partial charge in [-0.1, -0.05) is 30.3 Å². The number of hydrogen-bond donors (Lipinski definition) is 3. The quantitative estimate of drug-likeness (QED) is 0.504. The Morgan fingerprint density at radius 1 is 1.08 bits per heavy atom. The smallest absolute Gasteiger partial charge is 0.275 e. The van der Waals surface area contributed by atoms with Gasteiger partial charge in [0.15, 0.2) is 0 Å². The molecule has 3 N–H and O–H groups in total. The van der Waals surface area contributed by atoms with Crippen LogP contribution < -0.4 is 10.2 Å². The third kappa shape index (κ3) is 3.37. The summed E-state index contributed by atoms with van der Waals surface area (Å²) in [6.45, 7) is 0. The molecule has 0 heterocycles. The fraction of sp³-hybridized carbons (Fsp3) is 0.0526. The predicted octanol–water partition coefficient (Wildman–Crippen LogP) is 3.02. The summed E-state index contributed by atoms with van der Waals surface area (Å²) in [5, 5.41) is 25.1. The van der Waals surface area contributed by atoms with E-state index in [1.54, 1.807) is 30.3 Å². The second kappa shape index (κ2) is 6.92. The van der Waals surface area contributed by atoms with Crippen molar-refractivity contribution in [3.05, 3.63) is 65.7 Å². The fourth-order valence-corrected chi connectivity index (χ4v) is 2.48. The molecule has 0 atom stereocenters. The minimum Gasteiger partial charge on any atom is -0.507 e. The van der Waals surface area contributed by atoms with Crippen molar-refractivity contribution in [2.75, 3.05) is 7.11 Å². The van der Waals surface area contributed by atoms with Crippen LogP contribution in [0.1, 0.15) is 15.9 Å². The molecular formula is C19H16N2O4. The van der Waals surface area contributed by atoms with E-state index in [0.717, 1.165) is 5.39 Å². The van der Waals surface area contributed by atoms with Crippen molar-refractivity contribution in [2.45, 2.75) is 0 Å². The van der Waals surface area contributed by atoms with Crippen LogP contribution in [0.25, 0.3) is 10.8 Å². The Hall–Kier alpha value is -3.54. The van der Waals surface area contributed by atoms with E-state index in [0.29, 0.717) is 16.7 Å².